The second-order valence-electron chi connectivity index (χ2n) is 3.92. The van der Waals surface area contributed by atoms with Gasteiger partial charge in [-0.25, -0.2) is 0 Å². The summed E-state index contributed by atoms with van der Waals surface area (Å²) in [5.41, 5.74) is 1.76. The zero-order chi connectivity index (χ0) is 13.5. The van der Waals surface area contributed by atoms with Gasteiger partial charge in [0.25, 0.3) is 0 Å². The molecule has 0 aliphatic heterocycles. The summed E-state index contributed by atoms with van der Waals surface area (Å²) in [5, 5.41) is 11.7. The van der Waals surface area contributed by atoms with Crippen LogP contribution in [0.2, 0.25) is 0 Å². The van der Waals surface area contributed by atoms with Crippen LogP contribution in [-0.2, 0) is 6.61 Å². The first-order chi connectivity index (χ1) is 9.33. The number of ether oxygens (including phenoxy) is 2. The first-order valence-electron chi connectivity index (χ1n) is 5.85. The van der Waals surface area contributed by atoms with E-state index in [-0.39, 0.29) is 0 Å². The number of hydrogen-bond donors (Lipinski definition) is 1. The van der Waals surface area contributed by atoms with Gasteiger partial charge in [-0.2, -0.15) is 0 Å². The Bertz CT molecular complexity index is 553. The van der Waals surface area contributed by atoms with Gasteiger partial charge >= 0.3 is 0 Å². The molecule has 0 saturated heterocycles. The fourth-order valence-corrected chi connectivity index (χ4v) is 1.67. The minimum atomic E-state index is 0.445. The van der Waals surface area contributed by atoms with Gasteiger partial charge in [-0.15, -0.1) is 0 Å². The molecule has 0 aliphatic carbocycles. The number of nitrogens with zero attached hydrogens (tertiary/aromatic N) is 1. The van der Waals surface area contributed by atoms with E-state index in [1.54, 1.807) is 25.3 Å². The molecule has 1 N–H and O–H groups in total. The van der Waals surface area contributed by atoms with Gasteiger partial charge in [-0.1, -0.05) is 35.5 Å². The standard InChI is InChI=1S/C15H15NO3/c1-18-14-8-7-13(10-16-17)15(9-14)19-11-12-5-3-2-4-6-12/h2-10,17H,11H2,1H3/b16-10+. The lowest BCUT2D eigenvalue weighted by molar-refractivity contribution is 0.301. The van der Waals surface area contributed by atoms with Crippen LogP contribution in [-0.4, -0.2) is 18.5 Å². The molecular formula is C15H15NO3. The van der Waals surface area contributed by atoms with Crippen LogP contribution < -0.4 is 9.47 Å². The van der Waals surface area contributed by atoms with Crippen LogP contribution in [0, 0.1) is 0 Å². The van der Waals surface area contributed by atoms with Gasteiger partial charge in [0.05, 0.1) is 13.3 Å². The smallest absolute Gasteiger partial charge is 0.132 e. The predicted octanol–water partition coefficient (Wildman–Crippen LogP) is 3.08. The Morgan fingerprint density at radius 1 is 1.16 bits per heavy atom. The second-order valence-corrected chi connectivity index (χ2v) is 3.92. The summed E-state index contributed by atoms with van der Waals surface area (Å²) >= 11 is 0. The van der Waals surface area contributed by atoms with E-state index in [4.69, 9.17) is 14.7 Å². The number of rotatable bonds is 5. The van der Waals surface area contributed by atoms with Crippen molar-refractivity contribution in [2.45, 2.75) is 6.61 Å². The van der Waals surface area contributed by atoms with Crippen LogP contribution >= 0.6 is 0 Å². The SMILES string of the molecule is COc1ccc(/C=N/O)c(OCc2ccccc2)c1. The fourth-order valence-electron chi connectivity index (χ4n) is 1.67. The van der Waals surface area contributed by atoms with Crippen molar-refractivity contribution in [2.75, 3.05) is 7.11 Å². The lowest BCUT2D eigenvalue weighted by atomic mass is 10.2. The van der Waals surface area contributed by atoms with Crippen molar-refractivity contribution in [2.24, 2.45) is 5.16 Å². The van der Waals surface area contributed by atoms with Gasteiger partial charge in [0.2, 0.25) is 0 Å². The van der Waals surface area contributed by atoms with Crippen molar-refractivity contribution in [3.05, 3.63) is 59.7 Å². The van der Waals surface area contributed by atoms with Crippen LogP contribution in [0.3, 0.4) is 0 Å². The number of methoxy groups -OCH3 is 1. The minimum Gasteiger partial charge on any atom is -0.497 e. The van der Waals surface area contributed by atoms with Crippen LogP contribution in [0.15, 0.2) is 53.7 Å². The molecule has 0 aliphatic rings. The largest absolute Gasteiger partial charge is 0.497 e. The van der Waals surface area contributed by atoms with E-state index < -0.39 is 0 Å². The molecule has 2 aromatic rings. The number of hydrogen-bond acceptors (Lipinski definition) is 4. The van der Waals surface area contributed by atoms with Crippen molar-refractivity contribution < 1.29 is 14.7 Å². The third-order valence-electron chi connectivity index (χ3n) is 2.65. The van der Waals surface area contributed by atoms with Gasteiger partial charge in [0, 0.05) is 11.6 Å². The van der Waals surface area contributed by atoms with E-state index in [1.807, 2.05) is 30.3 Å². The molecule has 0 saturated carbocycles. The molecule has 0 spiro atoms. The summed E-state index contributed by atoms with van der Waals surface area (Å²) < 4.78 is 10.9. The van der Waals surface area contributed by atoms with Crippen molar-refractivity contribution in [1.82, 2.24) is 0 Å². The van der Waals surface area contributed by atoms with Gasteiger partial charge < -0.3 is 14.7 Å². The van der Waals surface area contributed by atoms with E-state index in [1.165, 1.54) is 6.21 Å². The topological polar surface area (TPSA) is 51.0 Å². The lowest BCUT2D eigenvalue weighted by Gasteiger charge is -2.10. The molecule has 0 fully saturated rings. The third kappa shape index (κ3) is 3.48. The van der Waals surface area contributed by atoms with E-state index in [0.717, 1.165) is 5.56 Å². The lowest BCUT2D eigenvalue weighted by Crippen LogP contribution is -1.99. The first kappa shape index (κ1) is 13.0. The Hall–Kier alpha value is -2.49. The highest BCUT2D eigenvalue weighted by Crippen LogP contribution is 2.24. The third-order valence-corrected chi connectivity index (χ3v) is 2.65. The Balaban J connectivity index is 2.17. The summed E-state index contributed by atoms with van der Waals surface area (Å²) in [4.78, 5) is 0. The molecule has 19 heavy (non-hydrogen) atoms. The summed E-state index contributed by atoms with van der Waals surface area (Å²) in [6.07, 6.45) is 1.33. The molecular weight excluding hydrogens is 242 g/mol. The maximum absolute atomic E-state index is 8.64. The van der Waals surface area contributed by atoms with Gasteiger partial charge in [-0.3, -0.25) is 0 Å². The zero-order valence-corrected chi connectivity index (χ0v) is 10.6. The summed E-state index contributed by atoms with van der Waals surface area (Å²) in [6, 6.07) is 15.2. The van der Waals surface area contributed by atoms with Crippen LogP contribution in [0.4, 0.5) is 0 Å². The van der Waals surface area contributed by atoms with Crippen LogP contribution in [0.1, 0.15) is 11.1 Å². The maximum Gasteiger partial charge on any atom is 0.132 e. The molecule has 0 aromatic heterocycles. The van der Waals surface area contributed by atoms with Crippen molar-refractivity contribution in [1.29, 1.82) is 0 Å². The molecule has 98 valence electrons. The molecule has 2 rings (SSSR count). The summed E-state index contributed by atoms with van der Waals surface area (Å²) in [6.45, 7) is 0.445. The molecule has 0 bridgehead atoms. The fraction of sp³-hybridized carbons (Fsp3) is 0.133. The molecule has 4 nitrogen and oxygen atoms in total. The first-order valence-corrected chi connectivity index (χ1v) is 5.85. The molecule has 0 heterocycles. The van der Waals surface area contributed by atoms with E-state index >= 15 is 0 Å². The Kier molecular flexibility index (Phi) is 4.39. The molecule has 0 amide bonds. The zero-order valence-electron chi connectivity index (χ0n) is 10.6. The van der Waals surface area contributed by atoms with E-state index in [2.05, 4.69) is 5.16 Å². The quantitative estimate of drug-likeness (QED) is 0.508. The van der Waals surface area contributed by atoms with Gasteiger partial charge in [0.15, 0.2) is 0 Å². The summed E-state index contributed by atoms with van der Waals surface area (Å²) in [7, 11) is 1.59. The highest BCUT2D eigenvalue weighted by atomic mass is 16.5. The minimum absolute atomic E-state index is 0.445. The van der Waals surface area contributed by atoms with Crippen molar-refractivity contribution in [3.8, 4) is 11.5 Å². The maximum atomic E-state index is 8.64. The van der Waals surface area contributed by atoms with Crippen molar-refractivity contribution >= 4 is 6.21 Å². The van der Waals surface area contributed by atoms with Gasteiger partial charge in [-0.05, 0) is 17.7 Å². The highest BCUT2D eigenvalue weighted by Gasteiger charge is 2.05. The Labute approximate surface area is 111 Å². The molecule has 2 aromatic carbocycles. The number of oxime groups is 1. The molecule has 0 atom stereocenters. The Morgan fingerprint density at radius 2 is 1.95 bits per heavy atom. The monoisotopic (exact) mass is 257 g/mol. The predicted molar refractivity (Wildman–Crippen MR) is 73.1 cm³/mol. The average Bonchev–Trinajstić information content (AvgIpc) is 2.47. The summed E-state index contributed by atoms with van der Waals surface area (Å²) in [5.74, 6) is 1.30. The van der Waals surface area contributed by atoms with Crippen LogP contribution in [0.5, 0.6) is 11.5 Å². The molecule has 4 heteroatoms. The Morgan fingerprint density at radius 3 is 2.63 bits per heavy atom. The number of benzene rings is 2. The van der Waals surface area contributed by atoms with E-state index in [0.29, 0.717) is 23.7 Å². The molecule has 0 radical (unpaired) electrons. The van der Waals surface area contributed by atoms with E-state index in [9.17, 15) is 0 Å². The normalized spacial score (nSPS) is 10.6. The van der Waals surface area contributed by atoms with Crippen LogP contribution in [0.25, 0.3) is 0 Å². The molecule has 0 unspecified atom stereocenters. The van der Waals surface area contributed by atoms with Gasteiger partial charge in [0.1, 0.15) is 18.1 Å². The second kappa shape index (κ2) is 6.44. The average molecular weight is 257 g/mol. The van der Waals surface area contributed by atoms with Crippen molar-refractivity contribution in [3.63, 3.8) is 0 Å². The highest BCUT2D eigenvalue weighted by molar-refractivity contribution is 5.83.